The number of nitrogens with one attached hydrogen (secondary N) is 1. The fourth-order valence-electron chi connectivity index (χ4n) is 4.23. The molecule has 0 fully saturated rings. The molecule has 3 amide bonds. The van der Waals surface area contributed by atoms with E-state index in [2.05, 4.69) is 27.9 Å². The number of carbonyl (C=O) groups is 3. The number of amides is 3. The third kappa shape index (κ3) is 4.69. The fourth-order valence-corrected chi connectivity index (χ4v) is 5.52. The molecule has 186 valence electrons. The molecule has 1 aliphatic rings. The molecule has 0 aliphatic carbocycles. The smallest absolute Gasteiger partial charge is 0.251 e. The van der Waals surface area contributed by atoms with Gasteiger partial charge >= 0.3 is 0 Å². The minimum absolute atomic E-state index is 0.164. The predicted octanol–water partition coefficient (Wildman–Crippen LogP) is 4.56. The summed E-state index contributed by atoms with van der Waals surface area (Å²) in [6, 6.07) is 10.8. The molecule has 0 spiro atoms. The molecule has 1 heterocycles. The van der Waals surface area contributed by atoms with Crippen molar-refractivity contribution in [2.24, 2.45) is 5.73 Å². The molecule has 1 aliphatic heterocycles. The van der Waals surface area contributed by atoms with Crippen molar-refractivity contribution in [3.05, 3.63) is 97.4 Å². The van der Waals surface area contributed by atoms with E-state index >= 15 is 0 Å². The van der Waals surface area contributed by atoms with Gasteiger partial charge in [0.1, 0.15) is 17.5 Å². The van der Waals surface area contributed by atoms with E-state index in [0.717, 1.165) is 11.1 Å². The molecule has 10 heteroatoms. The molecule has 0 atom stereocenters. The monoisotopic (exact) mass is 607 g/mol. The van der Waals surface area contributed by atoms with Crippen LogP contribution in [0.2, 0.25) is 0 Å². The van der Waals surface area contributed by atoms with Gasteiger partial charge in [-0.05, 0) is 66.3 Å². The Balaban J connectivity index is 1.64. The number of nitrogens with two attached hydrogens (primary N) is 1. The lowest BCUT2D eigenvalue weighted by molar-refractivity contribution is -0.122. The predicted molar refractivity (Wildman–Crippen MR) is 136 cm³/mol. The number of benzene rings is 3. The van der Waals surface area contributed by atoms with Gasteiger partial charge in [0.15, 0.2) is 0 Å². The highest BCUT2D eigenvalue weighted by Crippen LogP contribution is 2.45. The standard InChI is InChI=1S/C26H21F3IN3O3/c1-26(2)22-20(30)7-15(24(35)32-11-17-18(28)9-16(27)10-19(17)29)8-21(22)33(25(26)36)12-13-3-5-14(6-4-13)23(31)34/h3-10H,11-12H2,1-2H3,(H2,31,34)(H,32,35). The SMILES string of the molecule is CC1(C)C(=O)N(Cc2ccc(C(N)=O)cc2)c2cc(C(=O)NCc3c(F)cc(F)cc3F)cc(I)c21. The van der Waals surface area contributed by atoms with Gasteiger partial charge in [-0.15, -0.1) is 0 Å². The molecule has 36 heavy (non-hydrogen) atoms. The van der Waals surface area contributed by atoms with Gasteiger partial charge in [-0.2, -0.15) is 0 Å². The van der Waals surface area contributed by atoms with Gasteiger partial charge in [0, 0.05) is 44.5 Å². The largest absolute Gasteiger partial charge is 0.366 e. The number of fused-ring (bicyclic) bond motifs is 1. The maximum Gasteiger partial charge on any atom is 0.251 e. The molecule has 0 bridgehead atoms. The topological polar surface area (TPSA) is 92.5 Å². The Morgan fingerprint density at radius 1 is 1.00 bits per heavy atom. The van der Waals surface area contributed by atoms with Crippen molar-refractivity contribution in [3.8, 4) is 0 Å². The van der Waals surface area contributed by atoms with Crippen LogP contribution in [0.4, 0.5) is 18.9 Å². The second kappa shape index (κ2) is 9.57. The van der Waals surface area contributed by atoms with Gasteiger partial charge in [0.25, 0.3) is 5.91 Å². The molecule has 4 rings (SSSR count). The summed E-state index contributed by atoms with van der Waals surface area (Å²) in [6.07, 6.45) is 0. The van der Waals surface area contributed by atoms with E-state index in [4.69, 9.17) is 5.73 Å². The van der Waals surface area contributed by atoms with E-state index in [-0.39, 0.29) is 18.0 Å². The highest BCUT2D eigenvalue weighted by molar-refractivity contribution is 14.1. The van der Waals surface area contributed by atoms with E-state index in [0.29, 0.717) is 27.0 Å². The Morgan fingerprint density at radius 2 is 1.61 bits per heavy atom. The van der Waals surface area contributed by atoms with Crippen molar-refractivity contribution in [3.63, 3.8) is 0 Å². The van der Waals surface area contributed by atoms with Crippen molar-refractivity contribution in [2.75, 3.05) is 4.90 Å². The number of carbonyl (C=O) groups excluding carboxylic acids is 3. The quantitative estimate of drug-likeness (QED) is 0.403. The van der Waals surface area contributed by atoms with Crippen molar-refractivity contribution >= 4 is 46.0 Å². The summed E-state index contributed by atoms with van der Waals surface area (Å²) in [5, 5.41) is 2.46. The Morgan fingerprint density at radius 3 is 2.19 bits per heavy atom. The zero-order valence-corrected chi connectivity index (χ0v) is 21.5. The van der Waals surface area contributed by atoms with Gasteiger partial charge in [0.2, 0.25) is 11.8 Å². The van der Waals surface area contributed by atoms with E-state index in [1.165, 1.54) is 0 Å². The number of hydrogen-bond donors (Lipinski definition) is 2. The average Bonchev–Trinajstić information content (AvgIpc) is 2.99. The number of nitrogens with zero attached hydrogens (tertiary/aromatic N) is 1. The molecule has 3 aromatic carbocycles. The summed E-state index contributed by atoms with van der Waals surface area (Å²) in [4.78, 5) is 39.1. The van der Waals surface area contributed by atoms with Crippen LogP contribution in [0.5, 0.6) is 0 Å². The van der Waals surface area contributed by atoms with Gasteiger partial charge in [0.05, 0.1) is 17.6 Å². The van der Waals surface area contributed by atoms with Crippen LogP contribution >= 0.6 is 22.6 Å². The summed E-state index contributed by atoms with van der Waals surface area (Å²) < 4.78 is 41.8. The van der Waals surface area contributed by atoms with Crippen LogP contribution < -0.4 is 16.0 Å². The molecule has 6 nitrogen and oxygen atoms in total. The molecule has 0 radical (unpaired) electrons. The zero-order valence-electron chi connectivity index (χ0n) is 19.3. The van der Waals surface area contributed by atoms with Crippen molar-refractivity contribution in [1.82, 2.24) is 5.32 Å². The number of rotatable bonds is 6. The molecule has 0 saturated carbocycles. The first-order valence-electron chi connectivity index (χ1n) is 10.9. The van der Waals surface area contributed by atoms with Crippen molar-refractivity contribution < 1.29 is 27.6 Å². The first-order chi connectivity index (χ1) is 16.9. The van der Waals surface area contributed by atoms with Crippen LogP contribution in [0.1, 0.15) is 51.3 Å². The van der Waals surface area contributed by atoms with Crippen LogP contribution in [0, 0.1) is 21.0 Å². The number of anilines is 1. The van der Waals surface area contributed by atoms with Gasteiger partial charge in [-0.3, -0.25) is 14.4 Å². The minimum atomic E-state index is -1.10. The third-order valence-corrected chi connectivity index (χ3v) is 6.99. The van der Waals surface area contributed by atoms with Crippen LogP contribution in [-0.4, -0.2) is 17.7 Å². The molecule has 0 aromatic heterocycles. The average molecular weight is 607 g/mol. The van der Waals surface area contributed by atoms with Crippen LogP contribution in [0.25, 0.3) is 0 Å². The van der Waals surface area contributed by atoms with Crippen molar-refractivity contribution in [2.45, 2.75) is 32.4 Å². The van der Waals surface area contributed by atoms with E-state index in [1.54, 1.807) is 55.1 Å². The second-order valence-corrected chi connectivity index (χ2v) is 10.1. The second-order valence-electron chi connectivity index (χ2n) is 8.96. The van der Waals surface area contributed by atoms with E-state index < -0.39 is 46.8 Å². The van der Waals surface area contributed by atoms with Crippen LogP contribution in [0.3, 0.4) is 0 Å². The summed E-state index contributed by atoms with van der Waals surface area (Å²) >= 11 is 2.06. The molecule has 0 saturated heterocycles. The third-order valence-electron chi connectivity index (χ3n) is 6.14. The normalized spacial score (nSPS) is 14.1. The molecule has 3 aromatic rings. The van der Waals surface area contributed by atoms with E-state index in [1.807, 2.05) is 0 Å². The van der Waals surface area contributed by atoms with Gasteiger partial charge < -0.3 is 16.0 Å². The molecule has 3 N–H and O–H groups in total. The highest BCUT2D eigenvalue weighted by Gasteiger charge is 2.45. The number of hydrogen-bond acceptors (Lipinski definition) is 3. The Hall–Kier alpha value is -3.41. The Labute approximate surface area is 218 Å². The van der Waals surface area contributed by atoms with Crippen LogP contribution in [-0.2, 0) is 23.3 Å². The van der Waals surface area contributed by atoms with E-state index in [9.17, 15) is 27.6 Å². The fraction of sp³-hybridized carbons (Fsp3) is 0.192. The highest BCUT2D eigenvalue weighted by atomic mass is 127. The van der Waals surface area contributed by atoms with Gasteiger partial charge in [-0.25, -0.2) is 13.2 Å². The van der Waals surface area contributed by atoms with Crippen molar-refractivity contribution in [1.29, 1.82) is 0 Å². The summed E-state index contributed by atoms with van der Waals surface area (Å²) in [5.74, 6) is -4.58. The molecule has 0 unspecified atom stereocenters. The lowest BCUT2D eigenvalue weighted by atomic mass is 9.86. The maximum atomic E-state index is 14.0. The molecular formula is C26H21F3IN3O3. The summed E-state index contributed by atoms with van der Waals surface area (Å²) in [7, 11) is 0. The lowest BCUT2D eigenvalue weighted by Gasteiger charge is -2.20. The minimum Gasteiger partial charge on any atom is -0.366 e. The Kier molecular flexibility index (Phi) is 6.82. The first-order valence-corrected chi connectivity index (χ1v) is 11.9. The lowest BCUT2D eigenvalue weighted by Crippen LogP contribution is -2.35. The number of halogens is 4. The number of primary amides is 1. The maximum absolute atomic E-state index is 14.0. The zero-order chi connectivity index (χ0) is 26.4. The van der Waals surface area contributed by atoms with Crippen LogP contribution in [0.15, 0.2) is 48.5 Å². The Bertz CT molecular complexity index is 1380. The summed E-state index contributed by atoms with van der Waals surface area (Å²) in [5.41, 5.74) is 6.57. The molecular weight excluding hydrogens is 586 g/mol. The summed E-state index contributed by atoms with van der Waals surface area (Å²) in [6.45, 7) is 3.31. The van der Waals surface area contributed by atoms with Gasteiger partial charge in [-0.1, -0.05) is 12.1 Å². The first kappa shape index (κ1) is 25.7.